The average Bonchev–Trinajstić information content (AvgIpc) is 2.66. The van der Waals surface area contributed by atoms with E-state index in [1.165, 1.54) is 25.6 Å². The summed E-state index contributed by atoms with van der Waals surface area (Å²) in [7, 11) is 1.51. The minimum Gasteiger partial charge on any atom is -0.472 e. The van der Waals surface area contributed by atoms with Crippen LogP contribution in [0.5, 0.6) is 0 Å². The molecule has 0 saturated heterocycles. The zero-order chi connectivity index (χ0) is 9.68. The van der Waals surface area contributed by atoms with Crippen LogP contribution in [0.4, 0.5) is 0 Å². The zero-order valence-electron chi connectivity index (χ0n) is 7.16. The molecule has 0 bridgehead atoms. The Morgan fingerprint density at radius 2 is 2.31 bits per heavy atom. The Balaban J connectivity index is 2.39. The molecule has 1 rings (SSSR count). The van der Waals surface area contributed by atoms with Crippen LogP contribution in [0.25, 0.3) is 0 Å². The Morgan fingerprint density at radius 3 is 2.85 bits per heavy atom. The molecule has 2 amide bonds. The fourth-order valence-corrected chi connectivity index (χ4v) is 0.745. The fraction of sp³-hybridized carbons (Fsp3) is 0.250. The van der Waals surface area contributed by atoms with Crippen molar-refractivity contribution in [3.05, 3.63) is 24.2 Å². The number of nitrogens with one attached hydrogen (secondary N) is 2. The molecule has 0 aliphatic rings. The molecule has 1 aromatic heterocycles. The van der Waals surface area contributed by atoms with Gasteiger partial charge < -0.3 is 15.1 Å². The molecule has 0 spiro atoms. The lowest BCUT2D eigenvalue weighted by Gasteiger charge is -2.00. The molecule has 0 aliphatic heterocycles. The van der Waals surface area contributed by atoms with E-state index in [1.807, 2.05) is 0 Å². The first-order chi connectivity index (χ1) is 6.24. The van der Waals surface area contributed by atoms with E-state index in [4.69, 9.17) is 4.42 Å². The molecule has 2 N–H and O–H groups in total. The summed E-state index contributed by atoms with van der Waals surface area (Å²) >= 11 is 0. The van der Waals surface area contributed by atoms with Crippen LogP contribution >= 0.6 is 0 Å². The molecule has 0 fully saturated rings. The quantitative estimate of drug-likeness (QED) is 0.677. The largest absolute Gasteiger partial charge is 0.472 e. The van der Waals surface area contributed by atoms with Crippen molar-refractivity contribution in [3.8, 4) is 0 Å². The number of amides is 2. The van der Waals surface area contributed by atoms with Gasteiger partial charge >= 0.3 is 0 Å². The van der Waals surface area contributed by atoms with Crippen LogP contribution in [-0.4, -0.2) is 25.4 Å². The average molecular weight is 182 g/mol. The van der Waals surface area contributed by atoms with E-state index >= 15 is 0 Å². The van der Waals surface area contributed by atoms with Gasteiger partial charge in [0, 0.05) is 7.05 Å². The molecule has 5 nitrogen and oxygen atoms in total. The molecular weight excluding hydrogens is 172 g/mol. The number of hydrogen-bond donors (Lipinski definition) is 2. The van der Waals surface area contributed by atoms with E-state index in [1.54, 1.807) is 0 Å². The normalized spacial score (nSPS) is 9.31. The third kappa shape index (κ3) is 2.62. The van der Waals surface area contributed by atoms with Gasteiger partial charge in [-0.3, -0.25) is 9.59 Å². The van der Waals surface area contributed by atoms with Crippen molar-refractivity contribution >= 4 is 11.8 Å². The van der Waals surface area contributed by atoms with Crippen molar-refractivity contribution in [2.24, 2.45) is 0 Å². The fourth-order valence-electron chi connectivity index (χ4n) is 0.745. The van der Waals surface area contributed by atoms with E-state index < -0.39 is 0 Å². The number of carbonyl (C=O) groups is 2. The Bertz CT molecular complexity index is 292. The summed E-state index contributed by atoms with van der Waals surface area (Å²) in [6, 6.07) is 1.53. The number of rotatable bonds is 3. The summed E-state index contributed by atoms with van der Waals surface area (Å²) in [4.78, 5) is 21.9. The van der Waals surface area contributed by atoms with E-state index in [0.29, 0.717) is 5.56 Å². The van der Waals surface area contributed by atoms with Crippen LogP contribution in [0.2, 0.25) is 0 Å². The van der Waals surface area contributed by atoms with E-state index in [-0.39, 0.29) is 18.4 Å². The van der Waals surface area contributed by atoms with Crippen LogP contribution in [0, 0.1) is 0 Å². The van der Waals surface area contributed by atoms with Gasteiger partial charge in [-0.25, -0.2) is 0 Å². The maximum Gasteiger partial charge on any atom is 0.254 e. The zero-order valence-corrected chi connectivity index (χ0v) is 7.16. The van der Waals surface area contributed by atoms with Gasteiger partial charge in [-0.2, -0.15) is 0 Å². The SMILES string of the molecule is CNC(=O)CNC(=O)c1ccoc1. The lowest BCUT2D eigenvalue weighted by Crippen LogP contribution is -2.34. The summed E-state index contributed by atoms with van der Waals surface area (Å²) in [5.41, 5.74) is 0.406. The van der Waals surface area contributed by atoms with Gasteiger partial charge in [0.1, 0.15) is 6.26 Å². The molecule has 70 valence electrons. The van der Waals surface area contributed by atoms with Gasteiger partial charge in [-0.15, -0.1) is 0 Å². The van der Waals surface area contributed by atoms with Gasteiger partial charge in [0.2, 0.25) is 5.91 Å². The van der Waals surface area contributed by atoms with Gasteiger partial charge in [0.15, 0.2) is 0 Å². The predicted molar refractivity (Wildman–Crippen MR) is 45.1 cm³/mol. The lowest BCUT2D eigenvalue weighted by molar-refractivity contribution is -0.119. The molecule has 13 heavy (non-hydrogen) atoms. The Hall–Kier alpha value is -1.78. The molecule has 1 aromatic rings. The van der Waals surface area contributed by atoms with Crippen LogP contribution in [0.15, 0.2) is 23.0 Å². The van der Waals surface area contributed by atoms with Crippen LogP contribution in [0.3, 0.4) is 0 Å². The first-order valence-electron chi connectivity index (χ1n) is 3.75. The highest BCUT2D eigenvalue weighted by Crippen LogP contribution is 1.98. The number of hydrogen-bond acceptors (Lipinski definition) is 3. The first-order valence-corrected chi connectivity index (χ1v) is 3.75. The van der Waals surface area contributed by atoms with Gasteiger partial charge in [-0.1, -0.05) is 0 Å². The van der Waals surface area contributed by atoms with E-state index in [2.05, 4.69) is 10.6 Å². The van der Waals surface area contributed by atoms with Crippen molar-refractivity contribution in [1.82, 2.24) is 10.6 Å². The molecule has 0 saturated carbocycles. The summed E-state index contributed by atoms with van der Waals surface area (Å²) in [5, 5.41) is 4.81. The smallest absolute Gasteiger partial charge is 0.254 e. The molecule has 1 heterocycles. The molecule has 5 heteroatoms. The second kappa shape index (κ2) is 4.30. The van der Waals surface area contributed by atoms with Crippen LogP contribution in [0.1, 0.15) is 10.4 Å². The van der Waals surface area contributed by atoms with Gasteiger partial charge in [0.25, 0.3) is 5.91 Å². The number of carbonyl (C=O) groups excluding carboxylic acids is 2. The van der Waals surface area contributed by atoms with Crippen molar-refractivity contribution in [2.75, 3.05) is 13.6 Å². The summed E-state index contributed by atoms with van der Waals surface area (Å²) < 4.78 is 4.71. The molecule has 0 aliphatic carbocycles. The molecule has 0 unspecified atom stereocenters. The second-order valence-electron chi connectivity index (χ2n) is 2.37. The summed E-state index contributed by atoms with van der Waals surface area (Å²) in [6.07, 6.45) is 2.72. The predicted octanol–water partition coefficient (Wildman–Crippen LogP) is -0.245. The van der Waals surface area contributed by atoms with Crippen molar-refractivity contribution in [3.63, 3.8) is 0 Å². The summed E-state index contributed by atoms with van der Waals surface area (Å²) in [5.74, 6) is -0.561. The highest BCUT2D eigenvalue weighted by atomic mass is 16.3. The Labute approximate surface area is 75.1 Å². The van der Waals surface area contributed by atoms with Gasteiger partial charge in [-0.05, 0) is 6.07 Å². The molecule has 0 atom stereocenters. The minimum atomic E-state index is -0.322. The van der Waals surface area contributed by atoms with E-state index in [0.717, 1.165) is 0 Å². The highest BCUT2D eigenvalue weighted by Gasteiger charge is 2.07. The lowest BCUT2D eigenvalue weighted by atomic mass is 10.3. The highest BCUT2D eigenvalue weighted by molar-refractivity contribution is 5.96. The van der Waals surface area contributed by atoms with Crippen molar-refractivity contribution < 1.29 is 14.0 Å². The Morgan fingerprint density at radius 1 is 1.54 bits per heavy atom. The minimum absolute atomic E-state index is 0.0273. The molecular formula is C8H10N2O3. The van der Waals surface area contributed by atoms with E-state index in [9.17, 15) is 9.59 Å². The summed E-state index contributed by atoms with van der Waals surface area (Å²) in [6.45, 7) is -0.0273. The maximum atomic E-state index is 11.2. The van der Waals surface area contributed by atoms with Crippen molar-refractivity contribution in [2.45, 2.75) is 0 Å². The topological polar surface area (TPSA) is 71.3 Å². The van der Waals surface area contributed by atoms with Crippen LogP contribution < -0.4 is 10.6 Å². The number of furan rings is 1. The van der Waals surface area contributed by atoms with Crippen LogP contribution in [-0.2, 0) is 4.79 Å². The first kappa shape index (κ1) is 9.31. The molecule has 0 radical (unpaired) electrons. The third-order valence-corrected chi connectivity index (χ3v) is 1.47. The molecule has 0 aromatic carbocycles. The second-order valence-corrected chi connectivity index (χ2v) is 2.37. The monoisotopic (exact) mass is 182 g/mol. The van der Waals surface area contributed by atoms with Gasteiger partial charge in [0.05, 0.1) is 18.4 Å². The third-order valence-electron chi connectivity index (χ3n) is 1.47. The standard InChI is InChI=1S/C8H10N2O3/c1-9-7(11)4-10-8(12)6-2-3-13-5-6/h2-3,5H,4H2,1H3,(H,9,11)(H,10,12). The Kier molecular flexibility index (Phi) is 3.08. The maximum absolute atomic E-state index is 11.2. The number of likely N-dealkylation sites (N-methyl/N-ethyl adjacent to an activating group) is 1. The van der Waals surface area contributed by atoms with Crippen molar-refractivity contribution in [1.29, 1.82) is 0 Å².